The maximum Gasteiger partial charge on any atom is 0.200 e. The molecular formula is C24H26O9. The first-order valence-electron chi connectivity index (χ1n) is 9.87. The molecule has 3 aromatic carbocycles. The Kier molecular flexibility index (Phi) is 6.81. The van der Waals surface area contributed by atoms with E-state index in [4.69, 9.17) is 18.9 Å². The Bertz CT molecular complexity index is 1030. The van der Waals surface area contributed by atoms with Gasteiger partial charge in [0, 0.05) is 24.0 Å². The van der Waals surface area contributed by atoms with Gasteiger partial charge in [-0.05, 0) is 41.5 Å². The number of ether oxygens (including phenoxy) is 4. The van der Waals surface area contributed by atoms with Crippen LogP contribution in [0.5, 0.6) is 51.7 Å². The lowest BCUT2D eigenvalue weighted by atomic mass is 9.96. The van der Waals surface area contributed by atoms with Crippen molar-refractivity contribution in [2.75, 3.05) is 28.4 Å². The highest BCUT2D eigenvalue weighted by Crippen LogP contribution is 2.44. The van der Waals surface area contributed by atoms with Crippen molar-refractivity contribution < 1.29 is 44.5 Å². The number of benzene rings is 3. The van der Waals surface area contributed by atoms with Crippen LogP contribution in [0.4, 0.5) is 0 Å². The Morgan fingerprint density at radius 3 is 1.03 bits per heavy atom. The summed E-state index contributed by atoms with van der Waals surface area (Å²) in [5.41, 5.74) is 1.90. The molecule has 3 aromatic rings. The minimum Gasteiger partial charge on any atom is -0.504 e. The fraction of sp³-hybridized carbons (Fsp3) is 0.250. The molecule has 33 heavy (non-hydrogen) atoms. The standard InChI is InChI=1S/C24H26O9/c1-30-16-7-12(8-17(31-2)22(16)27)5-14-11-15(21(26)24(29)20(14)25)6-13-9-18(32-3)23(28)19(10-13)33-4/h7-11,25-29H,5-6H2,1-4H3. The molecule has 0 saturated carbocycles. The number of methoxy groups -OCH3 is 4. The minimum absolute atomic E-state index is 0.141. The average Bonchev–Trinajstić information content (AvgIpc) is 2.82. The quantitative estimate of drug-likeness (QED) is 0.321. The maximum absolute atomic E-state index is 10.4. The van der Waals surface area contributed by atoms with Gasteiger partial charge in [0.05, 0.1) is 28.4 Å². The van der Waals surface area contributed by atoms with Crippen molar-refractivity contribution in [1.29, 1.82) is 0 Å². The molecule has 9 heteroatoms. The Balaban J connectivity index is 2.03. The first-order valence-corrected chi connectivity index (χ1v) is 9.87. The Hall–Kier alpha value is -4.14. The number of hydrogen-bond acceptors (Lipinski definition) is 9. The molecule has 3 rings (SSSR count). The van der Waals surface area contributed by atoms with Gasteiger partial charge in [0.1, 0.15) is 0 Å². The summed E-state index contributed by atoms with van der Waals surface area (Å²) in [5.74, 6) is -1.14. The molecule has 0 unspecified atom stereocenters. The van der Waals surface area contributed by atoms with Crippen LogP contribution >= 0.6 is 0 Å². The summed E-state index contributed by atoms with van der Waals surface area (Å²) in [6.07, 6.45) is 0.282. The van der Waals surface area contributed by atoms with Crippen molar-refractivity contribution in [3.8, 4) is 51.7 Å². The Morgan fingerprint density at radius 1 is 0.455 bits per heavy atom. The second kappa shape index (κ2) is 9.56. The molecule has 0 radical (unpaired) electrons. The number of aromatic hydroxyl groups is 5. The van der Waals surface area contributed by atoms with Crippen molar-refractivity contribution in [2.45, 2.75) is 12.8 Å². The lowest BCUT2D eigenvalue weighted by Crippen LogP contribution is -1.98. The summed E-state index contributed by atoms with van der Waals surface area (Å²) in [6, 6.07) is 7.88. The van der Waals surface area contributed by atoms with Gasteiger partial charge in [-0.3, -0.25) is 0 Å². The molecule has 0 atom stereocenters. The van der Waals surface area contributed by atoms with Crippen LogP contribution in [0.3, 0.4) is 0 Å². The fourth-order valence-corrected chi connectivity index (χ4v) is 3.57. The van der Waals surface area contributed by atoms with E-state index in [2.05, 4.69) is 0 Å². The van der Waals surface area contributed by atoms with Crippen molar-refractivity contribution in [1.82, 2.24) is 0 Å². The van der Waals surface area contributed by atoms with Crippen LogP contribution in [0.25, 0.3) is 0 Å². The summed E-state index contributed by atoms with van der Waals surface area (Å²) in [5, 5.41) is 51.5. The van der Waals surface area contributed by atoms with Gasteiger partial charge in [0.25, 0.3) is 0 Å². The summed E-state index contributed by atoms with van der Waals surface area (Å²) in [4.78, 5) is 0. The van der Waals surface area contributed by atoms with Crippen LogP contribution in [0.1, 0.15) is 22.3 Å². The summed E-state index contributed by atoms with van der Waals surface area (Å²) in [7, 11) is 5.61. The van der Waals surface area contributed by atoms with E-state index in [1.54, 1.807) is 30.3 Å². The zero-order chi connectivity index (χ0) is 24.3. The largest absolute Gasteiger partial charge is 0.504 e. The van der Waals surface area contributed by atoms with E-state index < -0.39 is 17.2 Å². The predicted molar refractivity (Wildman–Crippen MR) is 119 cm³/mol. The molecule has 0 aliphatic heterocycles. The molecule has 0 saturated heterocycles. The van der Waals surface area contributed by atoms with Crippen molar-refractivity contribution in [3.63, 3.8) is 0 Å². The van der Waals surface area contributed by atoms with E-state index in [0.29, 0.717) is 22.3 Å². The lowest BCUT2D eigenvalue weighted by Gasteiger charge is -2.16. The highest BCUT2D eigenvalue weighted by atomic mass is 16.5. The average molecular weight is 458 g/mol. The van der Waals surface area contributed by atoms with E-state index in [1.165, 1.54) is 28.4 Å². The lowest BCUT2D eigenvalue weighted by molar-refractivity contribution is 0.339. The van der Waals surface area contributed by atoms with Gasteiger partial charge in [0.2, 0.25) is 17.2 Å². The van der Waals surface area contributed by atoms with Crippen LogP contribution < -0.4 is 18.9 Å². The second-order valence-electron chi connectivity index (χ2n) is 7.29. The zero-order valence-electron chi connectivity index (χ0n) is 18.7. The molecule has 5 N–H and O–H groups in total. The van der Waals surface area contributed by atoms with E-state index in [9.17, 15) is 25.5 Å². The van der Waals surface area contributed by atoms with Gasteiger partial charge in [-0.25, -0.2) is 0 Å². The normalized spacial score (nSPS) is 10.7. The maximum atomic E-state index is 10.4. The Morgan fingerprint density at radius 2 is 0.758 bits per heavy atom. The molecule has 0 fully saturated rings. The molecule has 0 aliphatic carbocycles. The fourth-order valence-electron chi connectivity index (χ4n) is 3.57. The molecule has 0 spiro atoms. The van der Waals surface area contributed by atoms with Crippen molar-refractivity contribution >= 4 is 0 Å². The summed E-state index contributed by atoms with van der Waals surface area (Å²) >= 11 is 0. The molecule has 176 valence electrons. The van der Waals surface area contributed by atoms with Gasteiger partial charge in [-0.15, -0.1) is 0 Å². The van der Waals surface area contributed by atoms with Crippen molar-refractivity contribution in [2.24, 2.45) is 0 Å². The molecule has 0 aliphatic rings. The molecule has 0 amide bonds. The van der Waals surface area contributed by atoms with E-state index >= 15 is 0 Å². The molecular weight excluding hydrogens is 432 g/mol. The van der Waals surface area contributed by atoms with Gasteiger partial charge in [-0.1, -0.05) is 0 Å². The third kappa shape index (κ3) is 4.57. The molecule has 9 nitrogen and oxygen atoms in total. The molecule has 0 bridgehead atoms. The number of rotatable bonds is 8. The van der Waals surface area contributed by atoms with Gasteiger partial charge in [0.15, 0.2) is 34.5 Å². The van der Waals surface area contributed by atoms with E-state index in [-0.39, 0.29) is 47.3 Å². The van der Waals surface area contributed by atoms with Crippen LogP contribution in [-0.4, -0.2) is 54.0 Å². The Labute approximate surface area is 190 Å². The summed E-state index contributed by atoms with van der Waals surface area (Å²) in [6.45, 7) is 0. The monoisotopic (exact) mass is 458 g/mol. The third-order valence-corrected chi connectivity index (χ3v) is 5.27. The molecule has 0 aromatic heterocycles. The van der Waals surface area contributed by atoms with Crippen LogP contribution in [0.15, 0.2) is 30.3 Å². The topological polar surface area (TPSA) is 138 Å². The van der Waals surface area contributed by atoms with Gasteiger partial charge < -0.3 is 44.5 Å². The van der Waals surface area contributed by atoms with E-state index in [1.807, 2.05) is 0 Å². The highest BCUT2D eigenvalue weighted by Gasteiger charge is 2.20. The number of phenolic OH excluding ortho intramolecular Hbond substituents is 5. The highest BCUT2D eigenvalue weighted by molar-refractivity contribution is 5.61. The smallest absolute Gasteiger partial charge is 0.200 e. The van der Waals surface area contributed by atoms with Crippen molar-refractivity contribution in [3.05, 3.63) is 52.6 Å². The van der Waals surface area contributed by atoms with Crippen LogP contribution in [0.2, 0.25) is 0 Å². The van der Waals surface area contributed by atoms with Gasteiger partial charge >= 0.3 is 0 Å². The van der Waals surface area contributed by atoms with Gasteiger partial charge in [-0.2, -0.15) is 0 Å². The number of hydrogen-bond donors (Lipinski definition) is 5. The predicted octanol–water partition coefficient (Wildman–Crippen LogP) is 3.43. The minimum atomic E-state index is -0.655. The number of phenols is 5. The zero-order valence-corrected chi connectivity index (χ0v) is 18.7. The summed E-state index contributed by atoms with van der Waals surface area (Å²) < 4.78 is 20.7. The first-order chi connectivity index (χ1) is 15.7. The first kappa shape index (κ1) is 23.5. The van der Waals surface area contributed by atoms with E-state index in [0.717, 1.165) is 0 Å². The third-order valence-electron chi connectivity index (χ3n) is 5.27. The molecule has 0 heterocycles. The SMILES string of the molecule is COc1cc(Cc2cc(Cc3cc(OC)c(O)c(OC)c3)c(O)c(O)c2O)cc(OC)c1O. The second-order valence-corrected chi connectivity index (χ2v) is 7.29. The van der Waals surface area contributed by atoms with Crippen LogP contribution in [-0.2, 0) is 12.8 Å². The van der Waals surface area contributed by atoms with Crippen LogP contribution in [0, 0.1) is 0 Å².